The van der Waals surface area contributed by atoms with Crippen molar-refractivity contribution in [3.63, 3.8) is 0 Å². The molecule has 0 aromatic heterocycles. The molecule has 4 aliphatic rings. The third-order valence-corrected chi connectivity index (χ3v) is 11.8. The number of aliphatic hydroxyl groups is 1. The Hall–Kier alpha value is -1.10. The van der Waals surface area contributed by atoms with E-state index in [-0.39, 0.29) is 23.3 Å². The summed E-state index contributed by atoms with van der Waals surface area (Å²) in [4.78, 5) is 24.4. The van der Waals surface area contributed by atoms with Gasteiger partial charge in [-0.2, -0.15) is 0 Å². The number of carbonyl (C=O) groups is 2. The van der Waals surface area contributed by atoms with Crippen molar-refractivity contribution in [2.45, 2.75) is 137 Å². The zero-order valence-electron chi connectivity index (χ0n) is 24.1. The third-order valence-electron chi connectivity index (χ3n) is 11.8. The Labute approximate surface area is 219 Å². The van der Waals surface area contributed by atoms with Crippen LogP contribution in [0, 0.1) is 46.3 Å². The molecule has 0 heterocycles. The van der Waals surface area contributed by atoms with Crippen LogP contribution >= 0.6 is 0 Å². The van der Waals surface area contributed by atoms with Gasteiger partial charge in [0.15, 0.2) is 0 Å². The fourth-order valence-corrected chi connectivity index (χ4v) is 10.2. The minimum Gasteiger partial charge on any atom is -0.459 e. The molecule has 0 radical (unpaired) electrons. The van der Waals surface area contributed by atoms with Crippen LogP contribution in [-0.2, 0) is 14.3 Å². The van der Waals surface area contributed by atoms with Gasteiger partial charge in [-0.25, -0.2) is 0 Å². The number of rotatable bonds is 7. The van der Waals surface area contributed by atoms with Crippen LogP contribution in [0.4, 0.5) is 0 Å². The van der Waals surface area contributed by atoms with Crippen LogP contribution in [0.2, 0.25) is 0 Å². The summed E-state index contributed by atoms with van der Waals surface area (Å²) in [6, 6.07) is -0.371. The fourth-order valence-electron chi connectivity index (χ4n) is 10.2. The summed E-state index contributed by atoms with van der Waals surface area (Å²) in [6.07, 6.45) is 11.7. The lowest BCUT2D eigenvalue weighted by Crippen LogP contribution is -2.75. The van der Waals surface area contributed by atoms with Gasteiger partial charge in [0.05, 0.1) is 6.04 Å². The molecule has 4 rings (SSSR count). The topological polar surface area (TPSA) is 75.6 Å². The quantitative estimate of drug-likeness (QED) is 0.402. The minimum absolute atomic E-state index is 0.123. The number of amides is 1. The molecule has 1 amide bonds. The van der Waals surface area contributed by atoms with E-state index in [4.69, 9.17) is 4.74 Å². The van der Waals surface area contributed by atoms with Crippen molar-refractivity contribution in [3.05, 3.63) is 0 Å². The molecule has 4 fully saturated rings. The molecule has 10 atom stereocenters. The number of hydrogen-bond acceptors (Lipinski definition) is 4. The van der Waals surface area contributed by atoms with Crippen molar-refractivity contribution in [2.24, 2.45) is 46.3 Å². The molecular formula is C31H53NO4. The summed E-state index contributed by atoms with van der Waals surface area (Å²) < 4.78 is 5.98. The largest absolute Gasteiger partial charge is 0.459 e. The molecule has 0 saturated heterocycles. The van der Waals surface area contributed by atoms with Crippen LogP contribution in [-0.4, -0.2) is 34.7 Å². The highest BCUT2D eigenvalue weighted by molar-refractivity contribution is 5.73. The second-order valence-corrected chi connectivity index (χ2v) is 14.1. The molecule has 4 saturated carbocycles. The number of carbonyl (C=O) groups excluding carboxylic acids is 2. The molecule has 0 aromatic carbocycles. The zero-order chi connectivity index (χ0) is 26.5. The van der Waals surface area contributed by atoms with Gasteiger partial charge in [-0.05, 0) is 85.9 Å². The van der Waals surface area contributed by atoms with Crippen LogP contribution < -0.4 is 5.32 Å². The van der Waals surface area contributed by atoms with Crippen LogP contribution in [0.5, 0.6) is 0 Å². The predicted octanol–water partition coefficient (Wildman–Crippen LogP) is 6.27. The molecule has 0 bridgehead atoms. The number of hydrogen-bond donors (Lipinski definition) is 2. The minimum atomic E-state index is -1.22. The van der Waals surface area contributed by atoms with Crippen molar-refractivity contribution in [3.8, 4) is 0 Å². The second kappa shape index (κ2) is 10.2. The van der Waals surface area contributed by atoms with Gasteiger partial charge in [-0.1, -0.05) is 60.3 Å². The Kier molecular flexibility index (Phi) is 7.93. The number of nitrogens with one attached hydrogen (secondary N) is 1. The molecule has 0 unspecified atom stereocenters. The lowest BCUT2D eigenvalue weighted by atomic mass is 9.41. The molecule has 4 aliphatic carbocycles. The first-order valence-corrected chi connectivity index (χ1v) is 15.0. The summed E-state index contributed by atoms with van der Waals surface area (Å²) in [6.45, 7) is 14.9. The monoisotopic (exact) mass is 503 g/mol. The van der Waals surface area contributed by atoms with Gasteiger partial charge in [-0.15, -0.1) is 0 Å². The summed E-state index contributed by atoms with van der Waals surface area (Å²) in [5.41, 5.74) is -1.26. The Morgan fingerprint density at radius 1 is 1.00 bits per heavy atom. The molecule has 5 heteroatoms. The van der Waals surface area contributed by atoms with Crippen molar-refractivity contribution in [2.75, 3.05) is 0 Å². The Balaban J connectivity index is 1.63. The van der Waals surface area contributed by atoms with Crippen molar-refractivity contribution in [1.82, 2.24) is 5.32 Å². The fraction of sp³-hybridized carbons (Fsp3) is 0.935. The Bertz CT molecular complexity index is 827. The van der Waals surface area contributed by atoms with Gasteiger partial charge in [0.2, 0.25) is 5.91 Å². The van der Waals surface area contributed by atoms with Crippen molar-refractivity contribution in [1.29, 1.82) is 0 Å². The highest BCUT2D eigenvalue weighted by Crippen LogP contribution is 2.69. The predicted molar refractivity (Wildman–Crippen MR) is 143 cm³/mol. The van der Waals surface area contributed by atoms with Crippen LogP contribution in [0.3, 0.4) is 0 Å². The molecule has 206 valence electrons. The Morgan fingerprint density at radius 3 is 2.36 bits per heavy atom. The van der Waals surface area contributed by atoms with Crippen molar-refractivity contribution >= 4 is 11.9 Å². The normalized spacial score (nSPS) is 44.8. The van der Waals surface area contributed by atoms with E-state index in [1.807, 2.05) is 0 Å². The third kappa shape index (κ3) is 4.54. The van der Waals surface area contributed by atoms with Crippen LogP contribution in [0.15, 0.2) is 0 Å². The van der Waals surface area contributed by atoms with E-state index >= 15 is 0 Å². The first kappa shape index (κ1) is 27.9. The second-order valence-electron chi connectivity index (χ2n) is 14.1. The number of esters is 1. The van der Waals surface area contributed by atoms with E-state index in [1.54, 1.807) is 0 Å². The number of fused-ring (bicyclic) bond motifs is 5. The molecule has 5 nitrogen and oxygen atoms in total. The first-order chi connectivity index (χ1) is 16.8. The molecule has 0 aromatic rings. The highest BCUT2D eigenvalue weighted by atomic mass is 16.6. The lowest BCUT2D eigenvalue weighted by Gasteiger charge is -2.66. The smallest absolute Gasteiger partial charge is 0.303 e. The maximum atomic E-state index is 12.5. The average Bonchev–Trinajstić information content (AvgIpc) is 3.12. The van der Waals surface area contributed by atoms with Gasteiger partial charge in [0.1, 0.15) is 11.7 Å². The standard InChI is InChI=1S/C31H53NO4/c1-19(2)10-8-11-20(3)24-13-14-25-23-18-28(36-22(5)34)31(35)27(32-21(4)33)12-9-16-30(31,7)26(23)15-17-29(24,25)6/h19-20,23-28,35H,8-18H2,1-7H3,(H,32,33)/t20-,23-,24-,25-,26-,27-,28-,29-,30-,31-/m1/s1. The maximum Gasteiger partial charge on any atom is 0.303 e. The van der Waals surface area contributed by atoms with E-state index in [1.165, 1.54) is 52.4 Å². The molecule has 2 N–H and O–H groups in total. The van der Waals surface area contributed by atoms with E-state index < -0.39 is 11.7 Å². The lowest BCUT2D eigenvalue weighted by molar-refractivity contribution is -0.268. The number of ether oxygens (including phenoxy) is 1. The van der Waals surface area contributed by atoms with Gasteiger partial charge < -0.3 is 15.2 Å². The molecular weight excluding hydrogens is 450 g/mol. The van der Waals surface area contributed by atoms with Gasteiger partial charge in [0, 0.05) is 19.3 Å². The SMILES string of the molecule is CC(=O)N[C@@H]1CCC[C@]2(C)[C@@H]3CC[C@@]4(C)[C@H](CC[C@@H]4[C@H](C)CCCC(C)C)[C@H]3C[C@@H](OC(C)=O)[C@]12O. The maximum absolute atomic E-state index is 12.5. The molecule has 0 aliphatic heterocycles. The summed E-state index contributed by atoms with van der Waals surface area (Å²) in [5.74, 6) is 3.31. The average molecular weight is 504 g/mol. The van der Waals surface area contributed by atoms with Gasteiger partial charge in [0.25, 0.3) is 0 Å². The van der Waals surface area contributed by atoms with E-state index in [0.29, 0.717) is 23.2 Å². The summed E-state index contributed by atoms with van der Waals surface area (Å²) >= 11 is 0. The van der Waals surface area contributed by atoms with Crippen LogP contribution in [0.1, 0.15) is 119 Å². The van der Waals surface area contributed by atoms with E-state index in [2.05, 4.69) is 39.9 Å². The zero-order valence-corrected chi connectivity index (χ0v) is 24.1. The summed E-state index contributed by atoms with van der Waals surface area (Å²) in [7, 11) is 0. The van der Waals surface area contributed by atoms with Gasteiger partial charge in [-0.3, -0.25) is 9.59 Å². The Morgan fingerprint density at radius 2 is 1.72 bits per heavy atom. The van der Waals surface area contributed by atoms with Crippen molar-refractivity contribution < 1.29 is 19.4 Å². The van der Waals surface area contributed by atoms with E-state index in [9.17, 15) is 14.7 Å². The summed E-state index contributed by atoms with van der Waals surface area (Å²) in [5, 5.41) is 15.6. The van der Waals surface area contributed by atoms with Crippen LogP contribution in [0.25, 0.3) is 0 Å². The van der Waals surface area contributed by atoms with Gasteiger partial charge >= 0.3 is 5.97 Å². The first-order valence-electron chi connectivity index (χ1n) is 15.0. The molecule has 0 spiro atoms. The highest BCUT2D eigenvalue weighted by Gasteiger charge is 2.70. The van der Waals surface area contributed by atoms with E-state index in [0.717, 1.165) is 49.9 Å². The molecule has 36 heavy (non-hydrogen) atoms.